The van der Waals surface area contributed by atoms with Gasteiger partial charge in [-0.3, -0.25) is 29.4 Å². The summed E-state index contributed by atoms with van der Waals surface area (Å²) < 4.78 is 2.13. The molecule has 0 aromatic carbocycles. The Labute approximate surface area is 201 Å². The molecule has 2 heterocycles. The molecule has 0 radical (unpaired) electrons. The van der Waals surface area contributed by atoms with E-state index in [1.807, 2.05) is 13.8 Å². The molecule has 0 bridgehead atoms. The monoisotopic (exact) mass is 494 g/mol. The Bertz CT molecular complexity index is 1130. The lowest BCUT2D eigenvalue weighted by molar-refractivity contribution is -0.132. The molecule has 3 rings (SSSR count). The highest BCUT2D eigenvalue weighted by Gasteiger charge is 2.54. The molecular formula is C22H34N6O7. The van der Waals surface area contributed by atoms with Crippen LogP contribution in [0.5, 0.6) is 5.88 Å². The minimum atomic E-state index is -1.74. The minimum Gasteiger partial charge on any atom is -0.494 e. The Hall–Kier alpha value is -3.19. The number of aliphatic hydroxyl groups excluding tert-OH is 2. The summed E-state index contributed by atoms with van der Waals surface area (Å²) in [5.74, 6) is -1.99. The first kappa shape index (κ1) is 26.4. The van der Waals surface area contributed by atoms with Crippen molar-refractivity contribution in [2.24, 2.45) is 11.1 Å². The van der Waals surface area contributed by atoms with Crippen molar-refractivity contribution in [3.63, 3.8) is 0 Å². The van der Waals surface area contributed by atoms with Gasteiger partial charge in [-0.15, -0.1) is 0 Å². The predicted molar refractivity (Wildman–Crippen MR) is 125 cm³/mol. The molecule has 0 spiro atoms. The topological polar surface area (TPSA) is 204 Å². The average molecular weight is 495 g/mol. The van der Waals surface area contributed by atoms with Crippen molar-refractivity contribution in [3.8, 4) is 5.88 Å². The van der Waals surface area contributed by atoms with Crippen molar-refractivity contribution >= 4 is 17.8 Å². The van der Waals surface area contributed by atoms with Gasteiger partial charge in [0.1, 0.15) is 11.4 Å². The highest BCUT2D eigenvalue weighted by atomic mass is 16.3. The van der Waals surface area contributed by atoms with E-state index in [-0.39, 0.29) is 13.1 Å². The van der Waals surface area contributed by atoms with Gasteiger partial charge >= 0.3 is 11.7 Å². The lowest BCUT2D eigenvalue weighted by Gasteiger charge is -2.43. The molecular weight excluding hydrogens is 460 g/mol. The third kappa shape index (κ3) is 4.45. The number of amidine groups is 1. The zero-order valence-corrected chi connectivity index (χ0v) is 20.0. The van der Waals surface area contributed by atoms with Crippen LogP contribution < -0.4 is 22.3 Å². The number of aliphatic hydroxyl groups is 2. The SMILES string of the molecule is CCCCn1c(O)c(C(=N)N)c(=O)n(C2CCC(C)(CN3C(=O)NC(=O)C3(CO)CO)CC2)c1=O. The maximum absolute atomic E-state index is 13.2. The predicted octanol–water partition coefficient (Wildman–Crippen LogP) is -0.804. The van der Waals surface area contributed by atoms with Crippen LogP contribution in [0, 0.1) is 10.8 Å². The van der Waals surface area contributed by atoms with E-state index in [1.54, 1.807) is 0 Å². The smallest absolute Gasteiger partial charge is 0.334 e. The van der Waals surface area contributed by atoms with Crippen molar-refractivity contribution < 1.29 is 24.9 Å². The molecule has 1 aromatic rings. The van der Waals surface area contributed by atoms with E-state index in [9.17, 15) is 34.5 Å². The number of hydrogen-bond donors (Lipinski definition) is 6. The van der Waals surface area contributed by atoms with Gasteiger partial charge in [-0.1, -0.05) is 20.3 Å². The van der Waals surface area contributed by atoms with Crippen molar-refractivity contribution in [1.29, 1.82) is 5.41 Å². The summed E-state index contributed by atoms with van der Waals surface area (Å²) in [7, 11) is 0. The number of imide groups is 1. The zero-order chi connectivity index (χ0) is 26.1. The second kappa shape index (κ2) is 9.82. The van der Waals surface area contributed by atoms with Crippen LogP contribution in [0.1, 0.15) is 64.0 Å². The van der Waals surface area contributed by atoms with Gasteiger partial charge in [-0.2, -0.15) is 0 Å². The third-order valence-corrected chi connectivity index (χ3v) is 7.35. The standard InChI is InChI=1S/C22H34N6O7/c1-3-4-9-26-16(31)14(15(23)24)17(32)28(20(26)35)13-5-7-21(2,8-6-13)10-27-19(34)25-18(33)22(27,11-29)12-30/h13,29-31H,3-12H2,1-2H3,(H3,23,24)(H,25,33,34). The van der Waals surface area contributed by atoms with Crippen LogP contribution in [-0.2, 0) is 11.3 Å². The van der Waals surface area contributed by atoms with Crippen molar-refractivity contribution in [3.05, 3.63) is 26.4 Å². The second-order valence-electron chi connectivity index (χ2n) is 9.81. The van der Waals surface area contributed by atoms with Crippen LogP contribution in [-0.4, -0.2) is 72.4 Å². The van der Waals surface area contributed by atoms with E-state index in [4.69, 9.17) is 11.1 Å². The summed E-state index contributed by atoms with van der Waals surface area (Å²) in [4.78, 5) is 52.0. The van der Waals surface area contributed by atoms with Gasteiger partial charge < -0.3 is 26.0 Å². The van der Waals surface area contributed by atoms with Crippen LogP contribution in [0.3, 0.4) is 0 Å². The normalized spacial score (nSPS) is 24.0. The van der Waals surface area contributed by atoms with E-state index in [0.717, 1.165) is 20.5 Å². The molecule has 1 saturated heterocycles. The first-order valence-corrected chi connectivity index (χ1v) is 11.7. The minimum absolute atomic E-state index is 0.0856. The van der Waals surface area contributed by atoms with Crippen molar-refractivity contribution in [1.82, 2.24) is 19.4 Å². The Morgan fingerprint density at radius 3 is 2.29 bits per heavy atom. The molecule has 3 amide bonds. The van der Waals surface area contributed by atoms with Crippen LogP contribution in [0.15, 0.2) is 9.59 Å². The maximum atomic E-state index is 13.2. The summed E-state index contributed by atoms with van der Waals surface area (Å²) in [6, 6.07) is -1.20. The number of aromatic hydroxyl groups is 1. The molecule has 1 aliphatic carbocycles. The number of nitrogens with zero attached hydrogens (tertiary/aromatic N) is 3. The number of nitrogen functional groups attached to an aromatic ring is 1. The molecule has 194 valence electrons. The summed E-state index contributed by atoms with van der Waals surface area (Å²) in [6.45, 7) is 2.62. The first-order valence-electron chi connectivity index (χ1n) is 11.7. The number of nitrogens with one attached hydrogen (secondary N) is 2. The Morgan fingerprint density at radius 2 is 1.77 bits per heavy atom. The number of urea groups is 1. The van der Waals surface area contributed by atoms with Crippen LogP contribution >= 0.6 is 0 Å². The Morgan fingerprint density at radius 1 is 1.17 bits per heavy atom. The quantitative estimate of drug-likeness (QED) is 0.145. The fraction of sp³-hybridized carbons (Fsp3) is 0.682. The molecule has 7 N–H and O–H groups in total. The average Bonchev–Trinajstić information content (AvgIpc) is 3.03. The second-order valence-corrected chi connectivity index (χ2v) is 9.81. The van der Waals surface area contributed by atoms with E-state index in [1.165, 1.54) is 0 Å². The number of nitrogens with two attached hydrogens (primary N) is 1. The molecule has 0 atom stereocenters. The molecule has 1 aromatic heterocycles. The summed E-state index contributed by atoms with van der Waals surface area (Å²) in [5, 5.41) is 39.9. The maximum Gasteiger partial charge on any atom is 0.334 e. The van der Waals surface area contributed by atoms with E-state index >= 15 is 0 Å². The number of carbonyl (C=O) groups is 2. The van der Waals surface area contributed by atoms with Gasteiger partial charge in [-0.25, -0.2) is 9.59 Å². The molecule has 0 unspecified atom stereocenters. The molecule has 2 fully saturated rings. The highest BCUT2D eigenvalue weighted by Crippen LogP contribution is 2.42. The van der Waals surface area contributed by atoms with E-state index < -0.39 is 70.7 Å². The van der Waals surface area contributed by atoms with Gasteiger partial charge in [0.25, 0.3) is 11.5 Å². The van der Waals surface area contributed by atoms with Gasteiger partial charge in [-0.05, 0) is 37.5 Å². The lowest BCUT2D eigenvalue weighted by atomic mass is 9.73. The molecule has 13 nitrogen and oxygen atoms in total. The number of carbonyl (C=O) groups excluding carboxylic acids is 2. The van der Waals surface area contributed by atoms with E-state index in [0.29, 0.717) is 32.1 Å². The molecule has 1 aliphatic heterocycles. The fourth-order valence-electron chi connectivity index (χ4n) is 5.02. The third-order valence-electron chi connectivity index (χ3n) is 7.35. The Balaban J connectivity index is 1.89. The number of unbranched alkanes of at least 4 members (excludes halogenated alkanes) is 1. The first-order chi connectivity index (χ1) is 16.5. The molecule has 1 saturated carbocycles. The molecule has 35 heavy (non-hydrogen) atoms. The van der Waals surface area contributed by atoms with Crippen molar-refractivity contribution in [2.45, 2.75) is 70.5 Å². The summed E-state index contributed by atoms with van der Waals surface area (Å²) in [6.07, 6.45) is 3.05. The van der Waals surface area contributed by atoms with Gasteiger partial charge in [0.05, 0.1) is 13.2 Å². The summed E-state index contributed by atoms with van der Waals surface area (Å²) in [5.41, 5.74) is 1.42. The number of aromatic nitrogens is 2. The molecule has 13 heteroatoms. The zero-order valence-electron chi connectivity index (χ0n) is 20.0. The van der Waals surface area contributed by atoms with Crippen LogP contribution in [0.25, 0.3) is 0 Å². The molecule has 2 aliphatic rings. The number of hydrogen-bond acceptors (Lipinski definition) is 8. The summed E-state index contributed by atoms with van der Waals surface area (Å²) >= 11 is 0. The van der Waals surface area contributed by atoms with Gasteiger partial charge in [0.2, 0.25) is 5.88 Å². The van der Waals surface area contributed by atoms with Crippen LogP contribution in [0.4, 0.5) is 4.79 Å². The largest absolute Gasteiger partial charge is 0.494 e. The number of amides is 3. The van der Waals surface area contributed by atoms with Gasteiger partial charge in [0, 0.05) is 19.1 Å². The lowest BCUT2D eigenvalue weighted by Crippen LogP contribution is -2.58. The Kier molecular flexibility index (Phi) is 7.41. The highest BCUT2D eigenvalue weighted by molar-refractivity contribution is 6.07. The number of rotatable bonds is 9. The van der Waals surface area contributed by atoms with Crippen molar-refractivity contribution in [2.75, 3.05) is 19.8 Å². The van der Waals surface area contributed by atoms with Gasteiger partial charge in [0.15, 0.2) is 5.54 Å². The van der Waals surface area contributed by atoms with E-state index in [2.05, 4.69) is 5.32 Å². The van der Waals surface area contributed by atoms with Crippen LogP contribution in [0.2, 0.25) is 0 Å². The fourth-order valence-corrected chi connectivity index (χ4v) is 5.02.